The van der Waals surface area contributed by atoms with Gasteiger partial charge in [-0.1, -0.05) is 20.8 Å². The molecular formula is C27H35N5O9S2. The summed E-state index contributed by atoms with van der Waals surface area (Å²) in [5.41, 5.74) is 0.287. The van der Waals surface area contributed by atoms with E-state index in [1.54, 1.807) is 26.2 Å². The summed E-state index contributed by atoms with van der Waals surface area (Å²) in [4.78, 5) is 71.1. The Kier molecular flexibility index (Phi) is 8.90. The van der Waals surface area contributed by atoms with Crippen molar-refractivity contribution in [3.8, 4) is 0 Å². The van der Waals surface area contributed by atoms with E-state index in [1.165, 1.54) is 32.9 Å². The highest BCUT2D eigenvalue weighted by molar-refractivity contribution is 8.03. The second kappa shape index (κ2) is 12.3. The van der Waals surface area contributed by atoms with Gasteiger partial charge in [0, 0.05) is 53.7 Å². The molecule has 4 aliphatic heterocycles. The van der Waals surface area contributed by atoms with Crippen LogP contribution in [-0.2, 0) is 23.9 Å². The van der Waals surface area contributed by atoms with Crippen LogP contribution in [0, 0.1) is 17.8 Å². The lowest BCUT2D eigenvalue weighted by Crippen LogP contribution is -2.63. The number of fused-ring (bicyclic) bond motifs is 1. The molecule has 3 saturated heterocycles. The third kappa shape index (κ3) is 6.04. The van der Waals surface area contributed by atoms with E-state index in [9.17, 15) is 34.2 Å². The Hall–Kier alpha value is -3.37. The molecule has 1 unspecified atom stereocenters. The van der Waals surface area contributed by atoms with Crippen molar-refractivity contribution >= 4 is 58.1 Å². The average Bonchev–Trinajstić information content (AvgIpc) is 3.63. The van der Waals surface area contributed by atoms with Crippen LogP contribution >= 0.6 is 23.1 Å². The molecule has 5 rings (SSSR count). The summed E-state index contributed by atoms with van der Waals surface area (Å²) in [6, 6.07) is -0.617. The van der Waals surface area contributed by atoms with Crippen LogP contribution < -0.4 is 10.2 Å². The SMILES string of the molecule is CC(C)C(=O)OCOC(=O)N1CCC(NC(=O)c2csc(N3CC(SC4=C(C(=O)O)N5C(=O)[C@H]([C@@H](C)O)[C@H]5[C@H]4C)C3)n2)C1. The maximum atomic E-state index is 12.8. The smallest absolute Gasteiger partial charge is 0.412 e. The Bertz CT molecular complexity index is 1340. The number of β-lactam (4-membered cyclic amide) rings is 1. The van der Waals surface area contributed by atoms with Crippen molar-refractivity contribution < 1.29 is 43.7 Å². The molecule has 0 aromatic carbocycles. The normalized spacial score (nSPS) is 25.8. The van der Waals surface area contributed by atoms with Crippen molar-refractivity contribution in [2.75, 3.05) is 37.9 Å². The minimum atomic E-state index is -1.14. The number of nitrogens with zero attached hydrogens (tertiary/aromatic N) is 4. The number of carboxylic acids is 1. The van der Waals surface area contributed by atoms with E-state index < -0.39 is 36.8 Å². The number of carbonyl (C=O) groups excluding carboxylic acids is 4. The summed E-state index contributed by atoms with van der Waals surface area (Å²) in [6.07, 6.45) is -0.919. The Morgan fingerprint density at radius 1 is 1.19 bits per heavy atom. The van der Waals surface area contributed by atoms with Crippen LogP contribution in [0.15, 0.2) is 16.0 Å². The highest BCUT2D eigenvalue weighted by atomic mass is 32.2. The zero-order valence-corrected chi connectivity index (χ0v) is 25.9. The number of likely N-dealkylation sites (tertiary alicyclic amines) is 1. The number of hydrogen-bond donors (Lipinski definition) is 3. The van der Waals surface area contributed by atoms with Crippen LogP contribution in [0.2, 0.25) is 0 Å². The molecule has 3 fully saturated rings. The first-order valence-electron chi connectivity index (χ1n) is 14.1. The van der Waals surface area contributed by atoms with E-state index in [0.717, 1.165) is 0 Å². The number of rotatable bonds is 10. The Balaban J connectivity index is 1.09. The standard InChI is InChI=1S/C27H35N5O9S2/c1-12(2)25(38)40-11-41-27(39)30-6-5-15(7-30)28-22(34)17-10-42-26(29-17)31-8-16(9-31)43-21-13(3)19-18(14(4)33)23(35)32(19)20(21)24(36)37/h10,12-16,18-19,33H,5-9,11H2,1-4H3,(H,28,34)(H,36,37)/t13-,14-,15?,18-,19-/m1/s1. The number of nitrogens with one attached hydrogen (secondary N) is 1. The summed E-state index contributed by atoms with van der Waals surface area (Å²) in [6.45, 7) is 8.22. The zero-order valence-electron chi connectivity index (χ0n) is 24.2. The van der Waals surface area contributed by atoms with Crippen LogP contribution in [0.3, 0.4) is 0 Å². The van der Waals surface area contributed by atoms with E-state index in [0.29, 0.717) is 36.1 Å². The largest absolute Gasteiger partial charge is 0.477 e. The lowest BCUT2D eigenvalue weighted by molar-refractivity contribution is -0.163. The second-order valence-corrected chi connectivity index (χ2v) is 13.7. The van der Waals surface area contributed by atoms with Gasteiger partial charge < -0.3 is 39.7 Å². The Morgan fingerprint density at radius 2 is 1.91 bits per heavy atom. The number of esters is 1. The molecule has 5 atom stereocenters. The van der Waals surface area contributed by atoms with Crippen molar-refractivity contribution in [2.45, 2.75) is 57.6 Å². The van der Waals surface area contributed by atoms with E-state index in [-0.39, 0.29) is 58.9 Å². The van der Waals surface area contributed by atoms with Gasteiger partial charge in [0.25, 0.3) is 5.91 Å². The van der Waals surface area contributed by atoms with Crippen LogP contribution in [0.1, 0.15) is 44.6 Å². The van der Waals surface area contributed by atoms with Crippen molar-refractivity contribution in [1.29, 1.82) is 0 Å². The molecule has 1 aromatic heterocycles. The van der Waals surface area contributed by atoms with Crippen molar-refractivity contribution in [2.24, 2.45) is 17.8 Å². The number of anilines is 1. The number of aromatic nitrogens is 1. The minimum Gasteiger partial charge on any atom is -0.477 e. The number of carbonyl (C=O) groups is 5. The van der Waals surface area contributed by atoms with Crippen molar-refractivity contribution in [3.63, 3.8) is 0 Å². The number of carboxylic acid groups (broad SMARTS) is 1. The molecule has 43 heavy (non-hydrogen) atoms. The van der Waals surface area contributed by atoms with Gasteiger partial charge in [-0.25, -0.2) is 14.6 Å². The fourth-order valence-corrected chi connectivity index (χ4v) is 8.09. The molecule has 3 N–H and O–H groups in total. The van der Waals surface area contributed by atoms with Gasteiger partial charge in [-0.15, -0.1) is 23.1 Å². The van der Waals surface area contributed by atoms with E-state index in [1.807, 2.05) is 11.8 Å². The summed E-state index contributed by atoms with van der Waals surface area (Å²) >= 11 is 2.79. The summed E-state index contributed by atoms with van der Waals surface area (Å²) in [7, 11) is 0. The van der Waals surface area contributed by atoms with Gasteiger partial charge in [0.2, 0.25) is 12.7 Å². The number of aliphatic hydroxyl groups is 1. The summed E-state index contributed by atoms with van der Waals surface area (Å²) < 4.78 is 9.86. The monoisotopic (exact) mass is 637 g/mol. The minimum absolute atomic E-state index is 0.0179. The summed E-state index contributed by atoms with van der Waals surface area (Å²) in [5.74, 6) is -3.41. The lowest BCUT2D eigenvalue weighted by Gasteiger charge is -2.46. The average molecular weight is 638 g/mol. The quantitative estimate of drug-likeness (QED) is 0.191. The van der Waals surface area contributed by atoms with Crippen molar-refractivity contribution in [3.05, 3.63) is 21.7 Å². The van der Waals surface area contributed by atoms with Gasteiger partial charge in [0.1, 0.15) is 11.4 Å². The van der Waals surface area contributed by atoms with Crippen LogP contribution in [0.5, 0.6) is 0 Å². The number of amides is 3. The first kappa shape index (κ1) is 31.1. The topological polar surface area (TPSA) is 179 Å². The van der Waals surface area contributed by atoms with E-state index in [2.05, 4.69) is 10.3 Å². The van der Waals surface area contributed by atoms with Gasteiger partial charge in [-0.3, -0.25) is 14.4 Å². The summed E-state index contributed by atoms with van der Waals surface area (Å²) in [5, 5.41) is 25.2. The van der Waals surface area contributed by atoms with E-state index >= 15 is 0 Å². The molecular weight excluding hydrogens is 602 g/mol. The molecule has 14 nitrogen and oxygen atoms in total. The predicted octanol–water partition coefficient (Wildman–Crippen LogP) is 1.32. The molecule has 234 valence electrons. The molecule has 0 radical (unpaired) electrons. The van der Waals surface area contributed by atoms with Gasteiger partial charge >= 0.3 is 18.0 Å². The fraction of sp³-hybridized carbons (Fsp3) is 0.630. The molecule has 0 spiro atoms. The Labute approximate surface area is 256 Å². The van der Waals surface area contributed by atoms with E-state index in [4.69, 9.17) is 9.47 Å². The molecule has 0 saturated carbocycles. The molecule has 0 bridgehead atoms. The number of thioether (sulfide) groups is 1. The number of thiazole rings is 1. The van der Waals surface area contributed by atoms with Gasteiger partial charge in [0.05, 0.1) is 24.0 Å². The second-order valence-electron chi connectivity index (χ2n) is 11.5. The fourth-order valence-electron chi connectivity index (χ4n) is 5.74. The van der Waals surface area contributed by atoms with Gasteiger partial charge in [-0.2, -0.15) is 0 Å². The maximum Gasteiger partial charge on any atom is 0.412 e. The van der Waals surface area contributed by atoms with Gasteiger partial charge in [0.15, 0.2) is 5.13 Å². The van der Waals surface area contributed by atoms with Crippen LogP contribution in [-0.4, -0.2) is 111 Å². The highest BCUT2D eigenvalue weighted by Crippen LogP contribution is 2.52. The molecule has 1 aromatic rings. The number of aliphatic hydroxyl groups excluding tert-OH is 1. The van der Waals surface area contributed by atoms with Crippen LogP contribution in [0.4, 0.5) is 9.93 Å². The molecule has 0 aliphatic carbocycles. The third-order valence-corrected chi connectivity index (χ3v) is 10.4. The zero-order chi connectivity index (χ0) is 31.2. The molecule has 3 amide bonds. The molecule has 5 heterocycles. The van der Waals surface area contributed by atoms with Crippen molar-refractivity contribution in [1.82, 2.24) is 20.1 Å². The lowest BCUT2D eigenvalue weighted by atomic mass is 9.79. The first-order chi connectivity index (χ1) is 20.4. The first-order valence-corrected chi connectivity index (χ1v) is 15.9. The number of aliphatic carboxylic acids is 1. The maximum absolute atomic E-state index is 12.8. The molecule has 4 aliphatic rings. The van der Waals surface area contributed by atoms with Gasteiger partial charge in [-0.05, 0) is 13.3 Å². The predicted molar refractivity (Wildman–Crippen MR) is 155 cm³/mol. The number of hydrogen-bond acceptors (Lipinski definition) is 12. The highest BCUT2D eigenvalue weighted by Gasteiger charge is 2.60. The van der Waals surface area contributed by atoms with Crippen LogP contribution in [0.25, 0.3) is 0 Å². The molecule has 16 heteroatoms. The Morgan fingerprint density at radius 3 is 2.56 bits per heavy atom. The number of ether oxygens (including phenoxy) is 2. The third-order valence-electron chi connectivity index (χ3n) is 8.08.